The van der Waals surface area contributed by atoms with E-state index in [1.54, 1.807) is 0 Å². The largest absolute Gasteiger partial charge is 0.352 e. The summed E-state index contributed by atoms with van der Waals surface area (Å²) >= 11 is 9.04. The van der Waals surface area contributed by atoms with E-state index in [4.69, 9.17) is 12.2 Å². The summed E-state index contributed by atoms with van der Waals surface area (Å²) in [6.07, 6.45) is 0. The first-order valence-corrected chi connectivity index (χ1v) is 9.27. The van der Waals surface area contributed by atoms with Gasteiger partial charge in [0.05, 0.1) is 6.04 Å². The predicted molar refractivity (Wildman–Crippen MR) is 113 cm³/mol. The fourth-order valence-electron chi connectivity index (χ4n) is 2.76. The second kappa shape index (κ2) is 8.28. The molecule has 0 unspecified atom stereocenters. The molecule has 0 spiro atoms. The second-order valence-corrected chi connectivity index (χ2v) is 7.13. The van der Waals surface area contributed by atoms with E-state index >= 15 is 0 Å². The van der Waals surface area contributed by atoms with Gasteiger partial charge in [-0.05, 0) is 54.0 Å². The zero-order valence-corrected chi connectivity index (χ0v) is 16.3. The Morgan fingerprint density at radius 1 is 0.920 bits per heavy atom. The zero-order chi connectivity index (χ0) is 17.6. The molecule has 0 aliphatic rings. The maximum atomic E-state index is 5.56. The lowest BCUT2D eigenvalue weighted by Gasteiger charge is -2.23. The van der Waals surface area contributed by atoms with Crippen LogP contribution in [-0.2, 0) is 0 Å². The molecule has 1 atom stereocenters. The van der Waals surface area contributed by atoms with Gasteiger partial charge in [0.25, 0.3) is 0 Å². The van der Waals surface area contributed by atoms with Gasteiger partial charge in [0, 0.05) is 10.2 Å². The summed E-state index contributed by atoms with van der Waals surface area (Å²) in [4.78, 5) is 0. The highest BCUT2D eigenvalue weighted by atomic mass is 79.9. The summed E-state index contributed by atoms with van der Waals surface area (Å²) in [5, 5.41) is 7.32. The van der Waals surface area contributed by atoms with E-state index in [0.29, 0.717) is 5.11 Å². The molecule has 3 aromatic carbocycles. The van der Waals surface area contributed by atoms with Crippen molar-refractivity contribution in [3.63, 3.8) is 0 Å². The molecule has 0 heterocycles. The van der Waals surface area contributed by atoms with E-state index in [-0.39, 0.29) is 6.04 Å². The summed E-state index contributed by atoms with van der Waals surface area (Å²) in [6, 6.07) is 26.7. The zero-order valence-electron chi connectivity index (χ0n) is 13.9. The Morgan fingerprint density at radius 3 is 2.36 bits per heavy atom. The van der Waals surface area contributed by atoms with Crippen molar-refractivity contribution in [3.8, 4) is 0 Å². The van der Waals surface area contributed by atoms with E-state index in [1.807, 2.05) is 42.5 Å². The molecule has 25 heavy (non-hydrogen) atoms. The first-order valence-electron chi connectivity index (χ1n) is 8.07. The van der Waals surface area contributed by atoms with Crippen LogP contribution in [0.1, 0.15) is 22.7 Å². The molecule has 2 N–H and O–H groups in total. The van der Waals surface area contributed by atoms with Crippen LogP contribution in [0.25, 0.3) is 0 Å². The quantitative estimate of drug-likeness (QED) is 0.528. The minimum atomic E-state index is -0.00504. The van der Waals surface area contributed by atoms with Crippen molar-refractivity contribution in [2.24, 2.45) is 0 Å². The monoisotopic (exact) mass is 410 g/mol. The Morgan fingerprint density at radius 2 is 1.64 bits per heavy atom. The summed E-state index contributed by atoms with van der Waals surface area (Å²) in [6.45, 7) is 2.12. The third-order valence-corrected chi connectivity index (χ3v) is 4.70. The molecule has 3 rings (SSSR count). The van der Waals surface area contributed by atoms with Crippen LogP contribution >= 0.6 is 28.1 Å². The summed E-state index contributed by atoms with van der Waals surface area (Å²) in [7, 11) is 0. The third kappa shape index (κ3) is 4.68. The molecule has 0 aliphatic carbocycles. The summed E-state index contributed by atoms with van der Waals surface area (Å²) < 4.78 is 1.01. The summed E-state index contributed by atoms with van der Waals surface area (Å²) in [5.41, 5.74) is 4.57. The highest BCUT2D eigenvalue weighted by molar-refractivity contribution is 9.10. The number of anilines is 1. The number of hydrogen-bond donors (Lipinski definition) is 2. The number of benzene rings is 3. The Labute approximate surface area is 162 Å². The number of halogens is 1. The number of nitrogens with one attached hydrogen (secondary N) is 2. The topological polar surface area (TPSA) is 24.1 Å². The van der Waals surface area contributed by atoms with Crippen molar-refractivity contribution in [3.05, 3.63) is 100 Å². The maximum Gasteiger partial charge on any atom is 0.171 e. The Hall–Kier alpha value is -2.17. The highest BCUT2D eigenvalue weighted by Gasteiger charge is 2.16. The molecule has 0 aliphatic heterocycles. The number of aryl methyl sites for hydroxylation is 1. The summed E-state index contributed by atoms with van der Waals surface area (Å²) in [5.74, 6) is 0. The lowest BCUT2D eigenvalue weighted by Crippen LogP contribution is -2.33. The van der Waals surface area contributed by atoms with Gasteiger partial charge in [-0.1, -0.05) is 76.6 Å². The molecule has 0 bridgehead atoms. The van der Waals surface area contributed by atoms with Crippen LogP contribution in [0, 0.1) is 6.92 Å². The minimum Gasteiger partial charge on any atom is -0.352 e. The molecule has 0 aromatic heterocycles. The van der Waals surface area contributed by atoms with Crippen molar-refractivity contribution >= 4 is 38.9 Å². The second-order valence-electron chi connectivity index (χ2n) is 5.81. The van der Waals surface area contributed by atoms with Crippen LogP contribution in [0.5, 0.6) is 0 Å². The fraction of sp³-hybridized carbons (Fsp3) is 0.0952. The van der Waals surface area contributed by atoms with Crippen LogP contribution in [0.2, 0.25) is 0 Å². The van der Waals surface area contributed by atoms with E-state index in [1.165, 1.54) is 16.7 Å². The Bertz CT molecular complexity index is 865. The molecule has 126 valence electrons. The lowest BCUT2D eigenvalue weighted by atomic mass is 9.95. The molecule has 0 radical (unpaired) electrons. The van der Waals surface area contributed by atoms with Crippen molar-refractivity contribution in [1.82, 2.24) is 5.32 Å². The molecule has 0 saturated carbocycles. The molecule has 2 nitrogen and oxygen atoms in total. The number of thiocarbonyl (C=S) groups is 1. The molecule has 4 heteroatoms. The van der Waals surface area contributed by atoms with Crippen molar-refractivity contribution in [2.45, 2.75) is 13.0 Å². The molecule has 0 fully saturated rings. The van der Waals surface area contributed by atoms with Crippen LogP contribution in [0.4, 0.5) is 5.69 Å². The van der Waals surface area contributed by atoms with Gasteiger partial charge in [0.2, 0.25) is 0 Å². The van der Waals surface area contributed by atoms with Crippen molar-refractivity contribution in [2.75, 3.05) is 5.32 Å². The van der Waals surface area contributed by atoms with Gasteiger partial charge < -0.3 is 10.6 Å². The van der Waals surface area contributed by atoms with E-state index in [0.717, 1.165) is 10.2 Å². The Balaban J connectivity index is 1.85. The van der Waals surface area contributed by atoms with E-state index < -0.39 is 0 Å². The highest BCUT2D eigenvalue weighted by Crippen LogP contribution is 2.25. The van der Waals surface area contributed by atoms with Crippen molar-refractivity contribution < 1.29 is 0 Å². The van der Waals surface area contributed by atoms with Crippen molar-refractivity contribution in [1.29, 1.82) is 0 Å². The van der Waals surface area contributed by atoms with Gasteiger partial charge in [-0.25, -0.2) is 0 Å². The fourth-order valence-corrected chi connectivity index (χ4v) is 3.40. The average Bonchev–Trinajstić information content (AvgIpc) is 2.61. The van der Waals surface area contributed by atoms with Crippen LogP contribution < -0.4 is 10.6 Å². The third-order valence-electron chi connectivity index (χ3n) is 3.99. The molecular formula is C21H19BrN2S. The first kappa shape index (κ1) is 17.6. The van der Waals surface area contributed by atoms with Crippen LogP contribution in [0.15, 0.2) is 83.3 Å². The standard InChI is InChI=1S/C21H19BrN2S/c1-15-8-5-6-13-19(15)20(16-9-3-2-4-10-16)24-21(25)23-18-12-7-11-17(22)14-18/h2-14,20H,1H3,(H2,23,24,25)/t20-/m0/s1. The van der Waals surface area contributed by atoms with Crippen LogP contribution in [0.3, 0.4) is 0 Å². The molecule has 0 saturated heterocycles. The molecular weight excluding hydrogens is 392 g/mol. The van der Waals surface area contributed by atoms with E-state index in [9.17, 15) is 0 Å². The lowest BCUT2D eigenvalue weighted by molar-refractivity contribution is 0.762. The van der Waals surface area contributed by atoms with Gasteiger partial charge in [-0.3, -0.25) is 0 Å². The maximum absolute atomic E-state index is 5.56. The van der Waals surface area contributed by atoms with Gasteiger partial charge in [-0.2, -0.15) is 0 Å². The normalized spacial score (nSPS) is 11.6. The number of hydrogen-bond acceptors (Lipinski definition) is 1. The molecule has 0 amide bonds. The van der Waals surface area contributed by atoms with Crippen LogP contribution in [-0.4, -0.2) is 5.11 Å². The van der Waals surface area contributed by atoms with Gasteiger partial charge in [0.15, 0.2) is 5.11 Å². The van der Waals surface area contributed by atoms with Gasteiger partial charge in [0.1, 0.15) is 0 Å². The van der Waals surface area contributed by atoms with Gasteiger partial charge in [-0.15, -0.1) is 0 Å². The minimum absolute atomic E-state index is 0.00504. The Kier molecular flexibility index (Phi) is 5.84. The predicted octanol–water partition coefficient (Wildman–Crippen LogP) is 5.83. The molecule has 3 aromatic rings. The van der Waals surface area contributed by atoms with E-state index in [2.05, 4.69) is 69.9 Å². The first-order chi connectivity index (χ1) is 12.1. The average molecular weight is 411 g/mol. The number of rotatable bonds is 4. The van der Waals surface area contributed by atoms with Gasteiger partial charge >= 0.3 is 0 Å². The SMILES string of the molecule is Cc1ccccc1[C@@H](NC(=S)Nc1cccc(Br)c1)c1ccccc1. The smallest absolute Gasteiger partial charge is 0.171 e.